The summed E-state index contributed by atoms with van der Waals surface area (Å²) in [5.74, 6) is 6.63. The molecule has 0 aromatic heterocycles. The fourth-order valence-corrected chi connectivity index (χ4v) is 12.0. The summed E-state index contributed by atoms with van der Waals surface area (Å²) >= 11 is 4.41. The van der Waals surface area contributed by atoms with E-state index in [0.29, 0.717) is 39.6 Å². The molecule has 1 aromatic carbocycles. The van der Waals surface area contributed by atoms with E-state index >= 15 is 0 Å². The first-order valence-electron chi connectivity index (χ1n) is 14.1. The van der Waals surface area contributed by atoms with Gasteiger partial charge in [0.05, 0.1) is 4.08 Å². The summed E-state index contributed by atoms with van der Waals surface area (Å²) in [5, 5.41) is 0. The van der Waals surface area contributed by atoms with Gasteiger partial charge in [0.1, 0.15) is 5.78 Å². The van der Waals surface area contributed by atoms with E-state index in [2.05, 4.69) is 93.5 Å². The highest BCUT2D eigenvalue weighted by molar-refractivity contribution is 8.21. The summed E-state index contributed by atoms with van der Waals surface area (Å²) in [6, 6.07) is 9.98. The maximum Gasteiger partial charge on any atom is 0.141 e. The van der Waals surface area contributed by atoms with E-state index in [1.807, 2.05) is 0 Å². The number of rotatable bonds is 3. The van der Waals surface area contributed by atoms with Crippen LogP contribution in [0.15, 0.2) is 35.9 Å². The van der Waals surface area contributed by atoms with Crippen LogP contribution in [0, 0.1) is 35.0 Å². The Morgan fingerprint density at radius 3 is 2.46 bits per heavy atom. The van der Waals surface area contributed by atoms with Crippen molar-refractivity contribution >= 4 is 35.0 Å². The largest absolute Gasteiger partial charge is 0.372 e. The van der Waals surface area contributed by atoms with Crippen LogP contribution in [-0.4, -0.2) is 34.5 Å². The van der Waals surface area contributed by atoms with E-state index in [-0.39, 0.29) is 11.3 Å². The van der Waals surface area contributed by atoms with Crippen LogP contribution in [0.5, 0.6) is 0 Å². The lowest BCUT2D eigenvalue weighted by molar-refractivity contribution is -0.134. The fourth-order valence-electron chi connectivity index (χ4n) is 8.85. The Bertz CT molecular complexity index is 1010. The molecule has 4 aliphatic carbocycles. The topological polar surface area (TPSA) is 20.3 Å². The molecule has 1 aliphatic heterocycles. The SMILES string of the molecule is CC1CC2C3CCC4=CC5(CCC4C3C(c3ccc(N(C)C(C)C)cc3)CC2(C)C1=O)SCCS5. The van der Waals surface area contributed by atoms with E-state index in [4.69, 9.17) is 0 Å². The number of allylic oxidation sites excluding steroid dienone is 1. The maximum absolute atomic E-state index is 13.6. The number of thioether (sulfide) groups is 2. The quantitative estimate of drug-likeness (QED) is 0.387. The molecular weight excluding hydrogens is 466 g/mol. The van der Waals surface area contributed by atoms with Crippen molar-refractivity contribution in [1.82, 2.24) is 0 Å². The van der Waals surface area contributed by atoms with Gasteiger partial charge in [-0.05, 0) is 99.7 Å². The van der Waals surface area contributed by atoms with Gasteiger partial charge in [0, 0.05) is 41.6 Å². The molecule has 2 nitrogen and oxygen atoms in total. The van der Waals surface area contributed by atoms with Gasteiger partial charge in [0.15, 0.2) is 0 Å². The van der Waals surface area contributed by atoms with Gasteiger partial charge in [0.2, 0.25) is 0 Å². The van der Waals surface area contributed by atoms with Gasteiger partial charge in [-0.25, -0.2) is 0 Å². The first-order valence-corrected chi connectivity index (χ1v) is 16.1. The van der Waals surface area contributed by atoms with Gasteiger partial charge >= 0.3 is 0 Å². The molecule has 1 saturated heterocycles. The highest BCUT2D eigenvalue weighted by atomic mass is 32.2. The van der Waals surface area contributed by atoms with Gasteiger partial charge in [-0.3, -0.25) is 4.79 Å². The fraction of sp³-hybridized carbons (Fsp3) is 0.710. The van der Waals surface area contributed by atoms with Gasteiger partial charge in [-0.2, -0.15) is 0 Å². The lowest BCUT2D eigenvalue weighted by atomic mass is 9.48. The minimum Gasteiger partial charge on any atom is -0.372 e. The zero-order chi connectivity index (χ0) is 24.5. The molecule has 1 spiro atoms. The van der Waals surface area contributed by atoms with Crippen molar-refractivity contribution < 1.29 is 4.79 Å². The number of anilines is 1. The molecule has 6 rings (SSSR count). The van der Waals surface area contributed by atoms with Gasteiger partial charge in [0.25, 0.3) is 0 Å². The molecule has 0 radical (unpaired) electrons. The van der Waals surface area contributed by atoms with E-state index in [1.54, 1.807) is 5.57 Å². The third-order valence-corrected chi connectivity index (χ3v) is 14.2. The molecule has 5 aliphatic rings. The van der Waals surface area contributed by atoms with E-state index in [1.165, 1.54) is 48.4 Å². The predicted molar refractivity (Wildman–Crippen MR) is 152 cm³/mol. The molecule has 7 atom stereocenters. The minimum atomic E-state index is -0.132. The molecule has 3 saturated carbocycles. The van der Waals surface area contributed by atoms with E-state index in [0.717, 1.165) is 18.8 Å². The molecule has 1 heterocycles. The molecule has 0 bridgehead atoms. The molecule has 190 valence electrons. The molecule has 1 aromatic rings. The Balaban J connectivity index is 1.39. The summed E-state index contributed by atoms with van der Waals surface area (Å²) in [7, 11) is 2.19. The van der Waals surface area contributed by atoms with Crippen LogP contribution in [0.2, 0.25) is 0 Å². The second-order valence-corrected chi connectivity index (χ2v) is 15.9. The zero-order valence-corrected chi connectivity index (χ0v) is 23.9. The van der Waals surface area contributed by atoms with Crippen LogP contribution in [-0.2, 0) is 4.79 Å². The summed E-state index contributed by atoms with van der Waals surface area (Å²) in [5.41, 5.74) is 4.43. The second-order valence-electron chi connectivity index (χ2n) is 12.8. The number of carbonyl (C=O) groups excluding carboxylic acids is 1. The Kier molecular flexibility index (Phi) is 6.19. The molecule has 4 heteroatoms. The Morgan fingerprint density at radius 2 is 1.77 bits per heavy atom. The second kappa shape index (κ2) is 8.86. The Labute approximate surface area is 221 Å². The molecule has 0 amide bonds. The van der Waals surface area contributed by atoms with Crippen LogP contribution >= 0.6 is 23.5 Å². The van der Waals surface area contributed by atoms with Crippen LogP contribution in [0.1, 0.15) is 77.7 Å². The summed E-state index contributed by atoms with van der Waals surface area (Å²) in [6.45, 7) is 9.06. The molecular formula is C31H43NOS2. The van der Waals surface area contributed by atoms with Crippen molar-refractivity contribution in [2.75, 3.05) is 23.5 Å². The molecule has 7 unspecified atom stereocenters. The standard InChI is InChI=1S/C31H43NOS2/c1-19(2)32(5)23-9-6-21(7-10-23)26-18-30(4)27(16-20(3)29(30)33)25-11-8-22-17-31(34-14-15-35-31)13-12-24(22)28(25)26/h6-7,9-10,17,19-20,24-28H,8,11-16,18H2,1-5H3. The van der Waals surface area contributed by atoms with Crippen molar-refractivity contribution in [2.45, 2.75) is 82.3 Å². The number of benzene rings is 1. The Hall–Kier alpha value is -0.870. The van der Waals surface area contributed by atoms with Crippen molar-refractivity contribution in [3.63, 3.8) is 0 Å². The summed E-state index contributed by atoms with van der Waals surface area (Å²) < 4.78 is 0.373. The lowest BCUT2D eigenvalue weighted by Crippen LogP contribution is -2.50. The number of carbonyl (C=O) groups is 1. The van der Waals surface area contributed by atoms with Crippen molar-refractivity contribution in [1.29, 1.82) is 0 Å². The molecule has 4 fully saturated rings. The Morgan fingerprint density at radius 1 is 1.06 bits per heavy atom. The lowest BCUT2D eigenvalue weighted by Gasteiger charge is -2.56. The average molecular weight is 510 g/mol. The van der Waals surface area contributed by atoms with Gasteiger partial charge < -0.3 is 4.90 Å². The van der Waals surface area contributed by atoms with Crippen LogP contribution < -0.4 is 4.90 Å². The maximum atomic E-state index is 13.6. The van der Waals surface area contributed by atoms with Gasteiger partial charge in [-0.1, -0.05) is 37.6 Å². The summed E-state index contributed by atoms with van der Waals surface area (Å²) in [4.78, 5) is 15.9. The normalized spacial score (nSPS) is 39.8. The minimum absolute atomic E-state index is 0.132. The first kappa shape index (κ1) is 24.5. The third-order valence-electron chi connectivity index (χ3n) is 10.8. The first-order chi connectivity index (χ1) is 16.7. The zero-order valence-electron chi connectivity index (χ0n) is 22.3. The molecule has 35 heavy (non-hydrogen) atoms. The number of hydrogen-bond acceptors (Lipinski definition) is 4. The number of fused-ring (bicyclic) bond motifs is 5. The number of ketones is 1. The van der Waals surface area contributed by atoms with Crippen molar-refractivity contribution in [2.24, 2.45) is 35.0 Å². The van der Waals surface area contributed by atoms with E-state index in [9.17, 15) is 4.79 Å². The van der Waals surface area contributed by atoms with Gasteiger partial charge in [-0.15, -0.1) is 23.5 Å². The van der Waals surface area contributed by atoms with E-state index < -0.39 is 0 Å². The molecule has 0 N–H and O–H groups in total. The van der Waals surface area contributed by atoms with Crippen LogP contribution in [0.4, 0.5) is 5.69 Å². The van der Waals surface area contributed by atoms with Crippen LogP contribution in [0.3, 0.4) is 0 Å². The van der Waals surface area contributed by atoms with Crippen molar-refractivity contribution in [3.8, 4) is 0 Å². The monoisotopic (exact) mass is 509 g/mol. The highest BCUT2D eigenvalue weighted by Crippen LogP contribution is 2.67. The third kappa shape index (κ3) is 3.87. The van der Waals surface area contributed by atoms with Crippen molar-refractivity contribution in [3.05, 3.63) is 41.5 Å². The number of nitrogens with zero attached hydrogens (tertiary/aromatic N) is 1. The number of hydrogen-bond donors (Lipinski definition) is 0. The van der Waals surface area contributed by atoms with Crippen LogP contribution in [0.25, 0.3) is 0 Å². The summed E-state index contributed by atoms with van der Waals surface area (Å²) in [6.07, 6.45) is 10.2. The highest BCUT2D eigenvalue weighted by Gasteiger charge is 2.61. The number of Topliss-reactive ketones (excluding diaryl/α,β-unsaturated/α-hetero) is 1. The average Bonchev–Trinajstić information content (AvgIpc) is 3.40. The smallest absolute Gasteiger partial charge is 0.141 e. The predicted octanol–water partition coefficient (Wildman–Crippen LogP) is 7.79.